The summed E-state index contributed by atoms with van der Waals surface area (Å²) in [6, 6.07) is 0. The maximum absolute atomic E-state index is 14.0. The van der Waals surface area contributed by atoms with Crippen LogP contribution in [0.1, 0.15) is 52.9 Å². The van der Waals surface area contributed by atoms with Gasteiger partial charge in [0.2, 0.25) is 0 Å². The third kappa shape index (κ3) is 13.3. The molecule has 2 aliphatic carbocycles. The molecule has 0 aromatic rings. The van der Waals surface area contributed by atoms with Gasteiger partial charge in [-0.15, -0.1) is 0 Å². The van der Waals surface area contributed by atoms with Gasteiger partial charge in [0.1, 0.15) is 5.92 Å². The van der Waals surface area contributed by atoms with Crippen LogP contribution in [0.15, 0.2) is 0 Å². The Kier molecular flexibility index (Phi) is 18.5. The molecule has 0 aliphatic heterocycles. The fraction of sp³-hybridized carbons (Fsp3) is 0.357. The lowest BCUT2D eigenvalue weighted by atomic mass is 9.68. The smallest absolute Gasteiger partial charge is 0.321 e. The van der Waals surface area contributed by atoms with E-state index in [-0.39, 0.29) is 18.8 Å². The Hall–Kier alpha value is -5.99. The zero-order valence-electron chi connectivity index (χ0n) is 29.0. The van der Waals surface area contributed by atoms with E-state index in [1.165, 1.54) is 0 Å². The molecule has 11 heteroatoms. The number of rotatable bonds is 6. The fourth-order valence-electron chi connectivity index (χ4n) is 6.13. The van der Waals surface area contributed by atoms with Crippen molar-refractivity contribution in [1.29, 1.82) is 0 Å². The summed E-state index contributed by atoms with van der Waals surface area (Å²) >= 11 is 0. The second-order valence-corrected chi connectivity index (χ2v) is 17.0. The average Bonchev–Trinajstić information content (AvgIpc) is 3.50. The molecule has 262 valence electrons. The van der Waals surface area contributed by atoms with Crippen molar-refractivity contribution >= 4 is 20.3 Å². The Bertz CT molecular complexity index is 2390. The second-order valence-electron chi connectivity index (χ2n) is 11.0. The Morgan fingerprint density at radius 3 is 1.62 bits per heavy atom. The van der Waals surface area contributed by atoms with E-state index < -0.39 is 49.1 Å². The normalized spacial score (nSPS) is 21.2. The van der Waals surface area contributed by atoms with Gasteiger partial charge in [-0.05, 0) is 188 Å². The minimum Gasteiger partial charge on any atom is -0.804 e. The number of hydrogen-bond donors (Lipinski definition) is 0. The predicted molar refractivity (Wildman–Crippen MR) is 191 cm³/mol. The standard InChI is InChI=1S/C42H30O9P2/c1-5-7-9-11-13-15-17-18-20-22-24-26-28-32-42-33-29-31-39(42)36(3)34-40(52(45,51-50-44)53(46,47)48)38(35-42)37(41(43)49-4)30-27-25-23-21-19-16-14-12-10-8-6-2/h36-40,44H,29,31,33-35H2,1-4H3,(H2,46,47,48)/p-3. The Labute approximate surface area is 311 Å². The van der Waals surface area contributed by atoms with Crippen molar-refractivity contribution in [3.63, 3.8) is 0 Å². The lowest BCUT2D eigenvalue weighted by Crippen LogP contribution is -2.37. The van der Waals surface area contributed by atoms with Crippen molar-refractivity contribution in [2.75, 3.05) is 7.11 Å². The molecule has 0 heterocycles. The zero-order valence-corrected chi connectivity index (χ0v) is 30.8. The quantitative estimate of drug-likeness (QED) is 0.130. The zero-order chi connectivity index (χ0) is 39.0. The molecule has 2 fully saturated rings. The molecule has 0 amide bonds. The van der Waals surface area contributed by atoms with Gasteiger partial charge in [-0.3, -0.25) is 14.4 Å². The number of esters is 1. The first-order chi connectivity index (χ1) is 25.5. The average molecular weight is 738 g/mol. The number of carbonyl (C=O) groups excluding carboxylic acids is 1. The lowest BCUT2D eigenvalue weighted by Gasteiger charge is -2.44. The molecule has 0 radical (unpaired) electrons. The molecule has 53 heavy (non-hydrogen) atoms. The van der Waals surface area contributed by atoms with Crippen LogP contribution in [0.3, 0.4) is 0 Å². The van der Waals surface area contributed by atoms with E-state index in [4.69, 9.17) is 4.74 Å². The van der Waals surface area contributed by atoms with Crippen molar-refractivity contribution in [2.45, 2.75) is 58.5 Å². The maximum Gasteiger partial charge on any atom is 0.321 e. The van der Waals surface area contributed by atoms with Crippen LogP contribution in [-0.4, -0.2) is 18.7 Å². The molecule has 0 spiro atoms. The van der Waals surface area contributed by atoms with E-state index in [0.29, 0.717) is 12.8 Å². The summed E-state index contributed by atoms with van der Waals surface area (Å²) in [6.45, 7) is 5.06. The Morgan fingerprint density at radius 1 is 0.736 bits per heavy atom. The fourth-order valence-corrected chi connectivity index (χ4v) is 10.3. The van der Waals surface area contributed by atoms with Gasteiger partial charge in [0.15, 0.2) is 0 Å². The maximum atomic E-state index is 14.0. The van der Waals surface area contributed by atoms with Crippen LogP contribution in [0, 0.1) is 183 Å². The van der Waals surface area contributed by atoms with Crippen LogP contribution in [0.5, 0.6) is 0 Å². The van der Waals surface area contributed by atoms with E-state index in [9.17, 15) is 29.0 Å². The van der Waals surface area contributed by atoms with Gasteiger partial charge in [0, 0.05) is 18.4 Å². The molecule has 2 aliphatic rings. The van der Waals surface area contributed by atoms with Crippen molar-refractivity contribution < 1.29 is 43.4 Å². The van der Waals surface area contributed by atoms with Crippen LogP contribution in [0.2, 0.25) is 0 Å². The van der Waals surface area contributed by atoms with Gasteiger partial charge in [-0.25, -0.2) is 0 Å². The molecule has 2 saturated carbocycles. The van der Waals surface area contributed by atoms with Gasteiger partial charge < -0.3 is 24.3 Å². The molecular formula is C42H27O9P2-3. The Morgan fingerprint density at radius 2 is 1.19 bits per heavy atom. The number of fused-ring (bicyclic) bond motifs is 1. The van der Waals surface area contributed by atoms with E-state index >= 15 is 0 Å². The van der Waals surface area contributed by atoms with Gasteiger partial charge in [-0.1, -0.05) is 37.0 Å². The van der Waals surface area contributed by atoms with E-state index in [1.54, 1.807) is 20.8 Å². The highest BCUT2D eigenvalue weighted by molar-refractivity contribution is 8.28. The molecule has 0 bridgehead atoms. The van der Waals surface area contributed by atoms with Crippen LogP contribution < -0.4 is 15.0 Å². The molecule has 9 nitrogen and oxygen atoms in total. The summed E-state index contributed by atoms with van der Waals surface area (Å²) in [4.78, 5) is 38.3. The molecule has 0 aromatic heterocycles. The molecule has 2 rings (SSSR count). The van der Waals surface area contributed by atoms with Crippen LogP contribution >= 0.6 is 14.3 Å². The molecule has 7 atom stereocenters. The number of hydrogen-bond acceptors (Lipinski definition) is 9. The molecule has 7 unspecified atom stereocenters. The SMILES string of the molecule is CC#CC#CC#CC#CC#CC#CC#CC12CCCC1C(C)CC(P(=O)(OO[O-])P(=O)([O-])[O-])C(C(C#CC#CC#CC#CC#CC#CC)C(=O)OC)C2. The van der Waals surface area contributed by atoms with Crippen LogP contribution in [-0.2, 0) is 28.4 Å². The number of ether oxygens (including phenoxy) is 1. The summed E-state index contributed by atoms with van der Waals surface area (Å²) in [6.07, 6.45) is 1.56. The highest BCUT2D eigenvalue weighted by Crippen LogP contribution is 2.79. The number of methoxy groups -OCH3 is 1. The summed E-state index contributed by atoms with van der Waals surface area (Å²) < 4.78 is 35.8. The monoisotopic (exact) mass is 737 g/mol. The summed E-state index contributed by atoms with van der Waals surface area (Å²) in [5.41, 5.74) is -2.60. The first-order valence-electron chi connectivity index (χ1n) is 15.6. The summed E-state index contributed by atoms with van der Waals surface area (Å²) in [7, 11) is -10.6. The molecular weight excluding hydrogens is 710 g/mol. The summed E-state index contributed by atoms with van der Waals surface area (Å²) in [5.74, 6) is 62.1. The second kappa shape index (κ2) is 22.7. The predicted octanol–water partition coefficient (Wildman–Crippen LogP) is 1.39. The minimum absolute atomic E-state index is 0.0865. The molecule has 0 saturated heterocycles. The van der Waals surface area contributed by atoms with Crippen molar-refractivity contribution in [2.24, 2.45) is 29.1 Å². The summed E-state index contributed by atoms with van der Waals surface area (Å²) in [5, 5.41) is 14.5. The topological polar surface area (TPSA) is 148 Å². The highest BCUT2D eigenvalue weighted by Gasteiger charge is 2.57. The molecule has 0 aromatic carbocycles. The first-order valence-corrected chi connectivity index (χ1v) is 19.5. The van der Waals surface area contributed by atoms with Gasteiger partial charge >= 0.3 is 5.97 Å². The third-order valence-corrected chi connectivity index (χ3v) is 13.6. The van der Waals surface area contributed by atoms with Crippen LogP contribution in [0.25, 0.3) is 0 Å². The van der Waals surface area contributed by atoms with Gasteiger partial charge in [0.05, 0.1) is 7.11 Å². The largest absolute Gasteiger partial charge is 0.804 e. The Balaban J connectivity index is 2.66. The van der Waals surface area contributed by atoms with Crippen LogP contribution in [0.4, 0.5) is 0 Å². The van der Waals surface area contributed by atoms with E-state index in [2.05, 4.69) is 164 Å². The van der Waals surface area contributed by atoms with E-state index in [1.807, 2.05) is 0 Å². The van der Waals surface area contributed by atoms with Crippen molar-refractivity contribution in [3.8, 4) is 154 Å². The molecule has 0 N–H and O–H groups in total. The van der Waals surface area contributed by atoms with Gasteiger partial charge in [0.25, 0.3) is 7.06 Å². The number of carbonyl (C=O) groups is 1. The lowest BCUT2D eigenvalue weighted by molar-refractivity contribution is -0.779. The minimum atomic E-state index is -6.17. The van der Waals surface area contributed by atoms with Gasteiger partial charge in [-0.2, -0.15) is 4.67 Å². The first kappa shape index (κ1) is 43.2. The highest BCUT2D eigenvalue weighted by atomic mass is 32.1. The van der Waals surface area contributed by atoms with Crippen molar-refractivity contribution in [3.05, 3.63) is 0 Å². The third-order valence-electron chi connectivity index (χ3n) is 8.06. The van der Waals surface area contributed by atoms with Crippen molar-refractivity contribution in [1.82, 2.24) is 0 Å². The van der Waals surface area contributed by atoms with E-state index in [0.717, 1.165) is 13.5 Å².